The largest absolute Gasteiger partial charge is 0.456 e. The third kappa shape index (κ3) is 3.16. The quantitative estimate of drug-likeness (QED) is 0.862. The Hall–Kier alpha value is -0.770. The molecule has 1 aromatic rings. The Kier molecular flexibility index (Phi) is 4.49. The predicted molar refractivity (Wildman–Crippen MR) is 75.1 cm³/mol. The number of halogens is 1. The normalized spacial score (nSPS) is 18.6. The molecule has 100 valence electrons. The molecule has 0 unspecified atom stereocenters. The van der Waals surface area contributed by atoms with Gasteiger partial charge in [0.05, 0.1) is 0 Å². The Labute approximate surface area is 116 Å². The van der Waals surface area contributed by atoms with Crippen molar-refractivity contribution in [2.24, 2.45) is 5.41 Å². The van der Waals surface area contributed by atoms with Crippen molar-refractivity contribution < 1.29 is 9.21 Å². The molecule has 0 atom stereocenters. The van der Waals surface area contributed by atoms with Crippen LogP contribution in [0.25, 0.3) is 0 Å². The van der Waals surface area contributed by atoms with Crippen LogP contribution in [0.15, 0.2) is 16.5 Å². The summed E-state index contributed by atoms with van der Waals surface area (Å²) >= 11 is 3.60. The fourth-order valence-corrected chi connectivity index (χ4v) is 3.33. The molecule has 1 amide bonds. The molecule has 1 heterocycles. The Bertz CT molecular complexity index is 408. The molecule has 0 radical (unpaired) electrons. The lowest BCUT2D eigenvalue weighted by molar-refractivity contribution is 0.0893. The predicted octanol–water partition coefficient (Wildman–Crippen LogP) is 3.66. The van der Waals surface area contributed by atoms with Gasteiger partial charge in [-0.3, -0.25) is 4.79 Å². The van der Waals surface area contributed by atoms with Gasteiger partial charge < -0.3 is 9.73 Å². The number of rotatable bonds is 4. The lowest BCUT2D eigenvalue weighted by Gasteiger charge is -2.35. The highest BCUT2D eigenvalue weighted by Crippen LogP contribution is 2.37. The van der Waals surface area contributed by atoms with E-state index in [9.17, 15) is 4.79 Å². The first-order chi connectivity index (χ1) is 8.65. The Balaban J connectivity index is 1.91. The third-order valence-electron chi connectivity index (χ3n) is 3.79. The van der Waals surface area contributed by atoms with Gasteiger partial charge in [0.1, 0.15) is 5.76 Å². The number of furan rings is 1. The van der Waals surface area contributed by atoms with Gasteiger partial charge in [0.15, 0.2) is 5.76 Å². The number of aryl methyl sites for hydroxylation is 1. The summed E-state index contributed by atoms with van der Waals surface area (Å²) in [5.41, 5.74) is 0.232. The van der Waals surface area contributed by atoms with Gasteiger partial charge in [-0.1, -0.05) is 35.2 Å². The van der Waals surface area contributed by atoms with E-state index in [0.717, 1.165) is 17.6 Å². The van der Waals surface area contributed by atoms with Crippen molar-refractivity contribution in [2.45, 2.75) is 39.0 Å². The van der Waals surface area contributed by atoms with Crippen LogP contribution < -0.4 is 5.32 Å². The molecule has 0 aliphatic heterocycles. The summed E-state index contributed by atoms with van der Waals surface area (Å²) in [7, 11) is 0. The summed E-state index contributed by atoms with van der Waals surface area (Å²) < 4.78 is 5.33. The fourth-order valence-electron chi connectivity index (χ4n) is 2.57. The summed E-state index contributed by atoms with van der Waals surface area (Å²) in [4.78, 5) is 11.9. The van der Waals surface area contributed by atoms with Crippen LogP contribution in [0, 0.1) is 12.3 Å². The molecule has 3 nitrogen and oxygen atoms in total. The molecular weight excluding hydrogens is 294 g/mol. The van der Waals surface area contributed by atoms with E-state index in [1.54, 1.807) is 6.07 Å². The van der Waals surface area contributed by atoms with Crippen molar-refractivity contribution in [2.75, 3.05) is 11.9 Å². The van der Waals surface area contributed by atoms with Crippen molar-refractivity contribution in [3.8, 4) is 0 Å². The lowest BCUT2D eigenvalue weighted by Crippen LogP contribution is -2.40. The molecule has 1 saturated carbocycles. The van der Waals surface area contributed by atoms with Gasteiger partial charge in [-0.15, -0.1) is 0 Å². The molecule has 0 saturated heterocycles. The highest BCUT2D eigenvalue weighted by molar-refractivity contribution is 9.09. The number of hydrogen-bond acceptors (Lipinski definition) is 2. The van der Waals surface area contributed by atoms with Crippen molar-refractivity contribution in [3.63, 3.8) is 0 Å². The SMILES string of the molecule is Cc1ccc(C(=O)NCC2(CBr)CCCCC2)o1. The van der Waals surface area contributed by atoms with Gasteiger partial charge in [0, 0.05) is 11.9 Å². The minimum Gasteiger partial charge on any atom is -0.456 e. The first kappa shape index (κ1) is 13.7. The molecule has 18 heavy (non-hydrogen) atoms. The summed E-state index contributed by atoms with van der Waals surface area (Å²) in [5.74, 6) is 1.08. The average molecular weight is 314 g/mol. The molecule has 1 fully saturated rings. The van der Waals surface area contributed by atoms with Crippen LogP contribution in [0.4, 0.5) is 0 Å². The number of nitrogens with one attached hydrogen (secondary N) is 1. The smallest absolute Gasteiger partial charge is 0.287 e. The van der Waals surface area contributed by atoms with Gasteiger partial charge >= 0.3 is 0 Å². The highest BCUT2D eigenvalue weighted by atomic mass is 79.9. The van der Waals surface area contributed by atoms with Crippen LogP contribution in [0.3, 0.4) is 0 Å². The van der Waals surface area contributed by atoms with E-state index in [1.807, 2.05) is 13.0 Å². The van der Waals surface area contributed by atoms with Gasteiger partial charge in [0.2, 0.25) is 0 Å². The Morgan fingerprint density at radius 2 is 2.11 bits per heavy atom. The standard InChI is InChI=1S/C14H20BrNO2/c1-11-5-6-12(18-11)13(17)16-10-14(9-15)7-3-2-4-8-14/h5-6H,2-4,7-10H2,1H3,(H,16,17). The molecule has 0 aromatic carbocycles. The van der Waals surface area contributed by atoms with E-state index in [-0.39, 0.29) is 11.3 Å². The van der Waals surface area contributed by atoms with Crippen LogP contribution in [-0.2, 0) is 0 Å². The molecule has 4 heteroatoms. The van der Waals surface area contributed by atoms with Crippen molar-refractivity contribution >= 4 is 21.8 Å². The number of carbonyl (C=O) groups is 1. The van der Waals surface area contributed by atoms with Gasteiger partial charge in [0.25, 0.3) is 5.91 Å². The second-order valence-corrected chi connectivity index (χ2v) is 5.85. The van der Waals surface area contributed by atoms with Crippen LogP contribution in [0.5, 0.6) is 0 Å². The van der Waals surface area contributed by atoms with Crippen LogP contribution in [0.2, 0.25) is 0 Å². The second-order valence-electron chi connectivity index (χ2n) is 5.29. The summed E-state index contributed by atoms with van der Waals surface area (Å²) in [6, 6.07) is 3.54. The van der Waals surface area contributed by atoms with Crippen LogP contribution >= 0.6 is 15.9 Å². The Morgan fingerprint density at radius 3 is 2.67 bits per heavy atom. The minimum absolute atomic E-state index is 0.103. The zero-order valence-corrected chi connectivity index (χ0v) is 12.4. The molecule has 1 N–H and O–H groups in total. The van der Waals surface area contributed by atoms with E-state index >= 15 is 0 Å². The summed E-state index contributed by atoms with van der Waals surface area (Å²) in [6.07, 6.45) is 6.23. The zero-order chi connectivity index (χ0) is 13.0. The van der Waals surface area contributed by atoms with Gasteiger partial charge in [-0.2, -0.15) is 0 Å². The van der Waals surface area contributed by atoms with Gasteiger partial charge in [-0.05, 0) is 37.3 Å². The van der Waals surface area contributed by atoms with Crippen LogP contribution in [0.1, 0.15) is 48.4 Å². The Morgan fingerprint density at radius 1 is 1.39 bits per heavy atom. The van der Waals surface area contributed by atoms with E-state index in [2.05, 4.69) is 21.2 Å². The third-order valence-corrected chi connectivity index (χ3v) is 4.98. The molecule has 0 spiro atoms. The highest BCUT2D eigenvalue weighted by Gasteiger charge is 2.31. The number of carbonyl (C=O) groups excluding carboxylic acids is 1. The maximum absolute atomic E-state index is 11.9. The number of alkyl halides is 1. The molecule has 1 aliphatic carbocycles. The molecule has 2 rings (SSSR count). The first-order valence-corrected chi connectivity index (χ1v) is 7.68. The van der Waals surface area contributed by atoms with E-state index in [1.165, 1.54) is 32.1 Å². The number of hydrogen-bond donors (Lipinski definition) is 1. The molecule has 1 aliphatic rings. The van der Waals surface area contributed by atoms with Crippen molar-refractivity contribution in [1.29, 1.82) is 0 Å². The second kappa shape index (κ2) is 5.91. The topological polar surface area (TPSA) is 42.2 Å². The minimum atomic E-state index is -0.103. The molecular formula is C14H20BrNO2. The van der Waals surface area contributed by atoms with E-state index in [4.69, 9.17) is 4.42 Å². The maximum Gasteiger partial charge on any atom is 0.287 e. The van der Waals surface area contributed by atoms with Crippen molar-refractivity contribution in [3.05, 3.63) is 23.7 Å². The lowest BCUT2D eigenvalue weighted by atomic mass is 9.75. The summed E-state index contributed by atoms with van der Waals surface area (Å²) in [6.45, 7) is 2.58. The molecule has 1 aromatic heterocycles. The van der Waals surface area contributed by atoms with E-state index in [0.29, 0.717) is 5.76 Å². The van der Waals surface area contributed by atoms with Gasteiger partial charge in [-0.25, -0.2) is 0 Å². The zero-order valence-electron chi connectivity index (χ0n) is 10.8. The van der Waals surface area contributed by atoms with E-state index < -0.39 is 0 Å². The fraction of sp³-hybridized carbons (Fsp3) is 0.643. The molecule has 0 bridgehead atoms. The maximum atomic E-state index is 11.9. The first-order valence-electron chi connectivity index (χ1n) is 6.56. The summed E-state index contributed by atoms with van der Waals surface area (Å²) in [5, 5.41) is 3.97. The monoisotopic (exact) mass is 313 g/mol. The number of amides is 1. The average Bonchev–Trinajstić information content (AvgIpc) is 2.84. The van der Waals surface area contributed by atoms with Crippen molar-refractivity contribution in [1.82, 2.24) is 5.32 Å². The van der Waals surface area contributed by atoms with Crippen LogP contribution in [-0.4, -0.2) is 17.8 Å².